The zero-order chi connectivity index (χ0) is 11.4. The summed E-state index contributed by atoms with van der Waals surface area (Å²) in [6.45, 7) is 4.49. The third-order valence-corrected chi connectivity index (χ3v) is 2.99. The Morgan fingerprint density at radius 3 is 2.75 bits per heavy atom. The highest BCUT2D eigenvalue weighted by Gasteiger charge is 2.02. The summed E-state index contributed by atoms with van der Waals surface area (Å²) < 4.78 is 1.90. The number of hydrogen-bond acceptors (Lipinski definition) is 3. The highest BCUT2D eigenvalue weighted by Crippen LogP contribution is 2.12. The second-order valence-corrected chi connectivity index (χ2v) is 4.12. The molecule has 82 valence electrons. The van der Waals surface area contributed by atoms with Crippen LogP contribution in [0.4, 0.5) is 0 Å². The Morgan fingerprint density at radius 2 is 2.12 bits per heavy atom. The van der Waals surface area contributed by atoms with Gasteiger partial charge in [-0.05, 0) is 17.4 Å². The third kappa shape index (κ3) is 2.33. The Labute approximate surface area is 99.2 Å². The molecule has 0 radical (unpaired) electrons. The molecule has 1 heterocycles. The van der Waals surface area contributed by atoms with Crippen LogP contribution in [0.3, 0.4) is 0 Å². The van der Waals surface area contributed by atoms with Gasteiger partial charge in [-0.2, -0.15) is 5.10 Å². The summed E-state index contributed by atoms with van der Waals surface area (Å²) in [5, 5.41) is 5.13. The number of hydrogen-bond donors (Lipinski definition) is 0. The average molecular weight is 231 g/mol. The minimum absolute atomic E-state index is 0.758. The molecule has 0 aliphatic carbocycles. The minimum Gasteiger partial charge on any atom is -0.236 e. The molecule has 0 saturated carbocycles. The summed E-state index contributed by atoms with van der Waals surface area (Å²) in [7, 11) is 0. The number of aromatic nitrogens is 3. The van der Waals surface area contributed by atoms with E-state index < -0.39 is 0 Å². The average Bonchev–Trinajstić information content (AvgIpc) is 2.77. The molecule has 2 aromatic rings. The molecule has 0 aliphatic heterocycles. The molecule has 0 atom stereocenters. The first-order chi connectivity index (χ1) is 7.83. The highest BCUT2D eigenvalue weighted by atomic mass is 32.2. The fourth-order valence-electron chi connectivity index (χ4n) is 1.45. The van der Waals surface area contributed by atoms with Gasteiger partial charge in [-0.1, -0.05) is 48.7 Å². The summed E-state index contributed by atoms with van der Waals surface area (Å²) in [5.74, 6) is 0. The smallest absolute Gasteiger partial charge is 0.186 e. The lowest BCUT2D eigenvalue weighted by Gasteiger charge is -2.04. The maximum absolute atomic E-state index is 4.19. The predicted molar refractivity (Wildman–Crippen MR) is 67.4 cm³/mol. The van der Waals surface area contributed by atoms with E-state index >= 15 is 0 Å². The number of benzene rings is 1. The molecule has 0 bridgehead atoms. The first-order valence-corrected chi connectivity index (χ1v) is 6.19. The Balaban J connectivity index is 2.17. The van der Waals surface area contributed by atoms with Gasteiger partial charge in [0.05, 0.1) is 6.54 Å². The fraction of sp³-hybridized carbons (Fsp3) is 0.167. The zero-order valence-electron chi connectivity index (χ0n) is 9.13. The molecule has 0 saturated heterocycles. The Kier molecular flexibility index (Phi) is 3.41. The van der Waals surface area contributed by atoms with Crippen LogP contribution in [-0.2, 0) is 6.54 Å². The van der Waals surface area contributed by atoms with Crippen molar-refractivity contribution in [3.63, 3.8) is 0 Å². The van der Waals surface area contributed by atoms with Crippen LogP contribution in [-0.4, -0.2) is 21.0 Å². The van der Waals surface area contributed by atoms with Gasteiger partial charge in [-0.15, -0.1) is 0 Å². The number of thioether (sulfide) groups is 1. The molecule has 0 N–H and O–H groups in total. The van der Waals surface area contributed by atoms with E-state index in [2.05, 4.69) is 40.9 Å². The zero-order valence-corrected chi connectivity index (χ0v) is 9.94. The molecule has 0 aliphatic rings. The van der Waals surface area contributed by atoms with Crippen LogP contribution in [0.1, 0.15) is 11.1 Å². The first kappa shape index (κ1) is 11.0. The van der Waals surface area contributed by atoms with Gasteiger partial charge in [-0.3, -0.25) is 0 Å². The van der Waals surface area contributed by atoms with E-state index in [0.717, 1.165) is 17.3 Å². The van der Waals surface area contributed by atoms with E-state index in [-0.39, 0.29) is 0 Å². The lowest BCUT2D eigenvalue weighted by molar-refractivity contribution is 0.619. The molecule has 3 nitrogen and oxygen atoms in total. The van der Waals surface area contributed by atoms with Gasteiger partial charge < -0.3 is 0 Å². The van der Waals surface area contributed by atoms with Gasteiger partial charge in [0.25, 0.3) is 0 Å². The van der Waals surface area contributed by atoms with Crippen LogP contribution in [0.15, 0.2) is 42.3 Å². The monoisotopic (exact) mass is 231 g/mol. The van der Waals surface area contributed by atoms with Gasteiger partial charge in [0.1, 0.15) is 6.33 Å². The normalized spacial score (nSPS) is 10.3. The van der Waals surface area contributed by atoms with Crippen molar-refractivity contribution in [2.24, 2.45) is 0 Å². The molecule has 16 heavy (non-hydrogen) atoms. The number of nitrogens with zero attached hydrogens (tertiary/aromatic N) is 3. The van der Waals surface area contributed by atoms with Gasteiger partial charge in [0.15, 0.2) is 5.16 Å². The second-order valence-electron chi connectivity index (χ2n) is 3.35. The van der Waals surface area contributed by atoms with E-state index in [4.69, 9.17) is 0 Å². The van der Waals surface area contributed by atoms with Crippen LogP contribution >= 0.6 is 11.8 Å². The molecule has 2 rings (SSSR count). The van der Waals surface area contributed by atoms with Crippen LogP contribution in [0, 0.1) is 0 Å². The van der Waals surface area contributed by atoms with Gasteiger partial charge >= 0.3 is 0 Å². The van der Waals surface area contributed by atoms with Crippen molar-refractivity contribution >= 4 is 17.8 Å². The summed E-state index contributed by atoms with van der Waals surface area (Å²) in [6.07, 6.45) is 5.43. The fourth-order valence-corrected chi connectivity index (χ4v) is 1.93. The molecule has 0 spiro atoms. The van der Waals surface area contributed by atoms with Crippen molar-refractivity contribution in [2.75, 3.05) is 6.26 Å². The van der Waals surface area contributed by atoms with Gasteiger partial charge in [-0.25, -0.2) is 9.67 Å². The molecule has 1 aromatic carbocycles. The second kappa shape index (κ2) is 4.99. The molecule has 0 amide bonds. The lowest BCUT2D eigenvalue weighted by atomic mass is 10.1. The molecule has 0 unspecified atom stereocenters. The van der Waals surface area contributed by atoms with E-state index in [9.17, 15) is 0 Å². The number of rotatable bonds is 4. The predicted octanol–water partition coefficient (Wildman–Crippen LogP) is 2.69. The Morgan fingerprint density at radius 1 is 1.38 bits per heavy atom. The third-order valence-electron chi connectivity index (χ3n) is 2.31. The molecule has 0 fully saturated rings. The quantitative estimate of drug-likeness (QED) is 0.758. The maximum atomic E-state index is 4.19. The molecule has 4 heteroatoms. The van der Waals surface area contributed by atoms with E-state index in [1.165, 1.54) is 5.56 Å². The van der Waals surface area contributed by atoms with Crippen molar-refractivity contribution < 1.29 is 0 Å². The van der Waals surface area contributed by atoms with Gasteiger partial charge in [0.2, 0.25) is 0 Å². The lowest BCUT2D eigenvalue weighted by Crippen LogP contribution is -2.03. The Hall–Kier alpha value is -1.55. The maximum Gasteiger partial charge on any atom is 0.186 e. The Bertz CT molecular complexity index is 473. The first-order valence-electron chi connectivity index (χ1n) is 4.96. The van der Waals surface area contributed by atoms with Gasteiger partial charge in [0, 0.05) is 0 Å². The standard InChI is InChI=1S/C12H13N3S/c1-3-10-4-6-11(7-5-10)8-15-12(16-2)13-9-14-15/h3-7,9H,1,8H2,2H3. The van der Waals surface area contributed by atoms with E-state index in [1.54, 1.807) is 18.1 Å². The van der Waals surface area contributed by atoms with Crippen molar-refractivity contribution in [1.82, 2.24) is 14.8 Å². The molecular formula is C12H13N3S. The van der Waals surface area contributed by atoms with Crippen molar-refractivity contribution in [3.05, 3.63) is 48.3 Å². The summed E-state index contributed by atoms with van der Waals surface area (Å²) >= 11 is 1.60. The van der Waals surface area contributed by atoms with Crippen molar-refractivity contribution in [1.29, 1.82) is 0 Å². The van der Waals surface area contributed by atoms with Crippen LogP contribution < -0.4 is 0 Å². The molecular weight excluding hydrogens is 218 g/mol. The van der Waals surface area contributed by atoms with E-state index in [0.29, 0.717) is 0 Å². The van der Waals surface area contributed by atoms with E-state index in [1.807, 2.05) is 17.0 Å². The van der Waals surface area contributed by atoms with Crippen molar-refractivity contribution in [2.45, 2.75) is 11.7 Å². The molecule has 1 aromatic heterocycles. The SMILES string of the molecule is C=Cc1ccc(Cn2ncnc2SC)cc1. The van der Waals surface area contributed by atoms with Crippen LogP contribution in [0.2, 0.25) is 0 Å². The highest BCUT2D eigenvalue weighted by molar-refractivity contribution is 7.98. The summed E-state index contributed by atoms with van der Waals surface area (Å²) in [4.78, 5) is 4.16. The summed E-state index contributed by atoms with van der Waals surface area (Å²) in [5.41, 5.74) is 2.35. The van der Waals surface area contributed by atoms with Crippen LogP contribution in [0.5, 0.6) is 0 Å². The largest absolute Gasteiger partial charge is 0.236 e. The topological polar surface area (TPSA) is 30.7 Å². The van der Waals surface area contributed by atoms with Crippen molar-refractivity contribution in [3.8, 4) is 0 Å². The van der Waals surface area contributed by atoms with Crippen LogP contribution in [0.25, 0.3) is 6.08 Å². The summed E-state index contributed by atoms with van der Waals surface area (Å²) in [6, 6.07) is 8.28. The minimum atomic E-state index is 0.758.